The van der Waals surface area contributed by atoms with Gasteiger partial charge in [-0.2, -0.15) is 0 Å². The lowest BCUT2D eigenvalue weighted by molar-refractivity contribution is -0.119. The molecule has 0 aliphatic carbocycles. The lowest BCUT2D eigenvalue weighted by atomic mass is 9.99. The van der Waals surface area contributed by atoms with Crippen LogP contribution >= 0.6 is 0 Å². The van der Waals surface area contributed by atoms with Gasteiger partial charge in [0.25, 0.3) is 5.91 Å². The zero-order chi connectivity index (χ0) is 27.4. The first-order valence-electron chi connectivity index (χ1n) is 11.9. The van der Waals surface area contributed by atoms with Gasteiger partial charge in [-0.25, -0.2) is 4.79 Å². The van der Waals surface area contributed by atoms with Crippen molar-refractivity contribution >= 4 is 46.1 Å². The number of esters is 1. The van der Waals surface area contributed by atoms with Crippen LogP contribution in [0.25, 0.3) is 11.3 Å². The highest BCUT2D eigenvalue weighted by Gasteiger charge is 2.29. The second-order valence-electron chi connectivity index (χ2n) is 9.02. The van der Waals surface area contributed by atoms with Crippen LogP contribution in [0.3, 0.4) is 0 Å². The molecule has 4 rings (SSSR count). The molecule has 0 saturated heterocycles. The Kier molecular flexibility index (Phi) is 7.78. The normalized spacial score (nSPS) is 13.5. The summed E-state index contributed by atoms with van der Waals surface area (Å²) in [6.45, 7) is 0.260. The Hall–Kier alpha value is -4.63. The van der Waals surface area contributed by atoms with E-state index in [4.69, 9.17) is 9.47 Å². The molecule has 0 atom stereocenters. The molecular weight excluding hydrogens is 484 g/mol. The first kappa shape index (κ1) is 26.4. The van der Waals surface area contributed by atoms with Gasteiger partial charge < -0.3 is 29.9 Å². The van der Waals surface area contributed by atoms with E-state index in [1.807, 2.05) is 50.5 Å². The lowest BCUT2D eigenvalue weighted by Crippen LogP contribution is -2.35. The Morgan fingerprint density at radius 1 is 0.921 bits per heavy atom. The van der Waals surface area contributed by atoms with Crippen LogP contribution in [-0.2, 0) is 14.3 Å². The molecule has 0 saturated carbocycles. The van der Waals surface area contributed by atoms with Gasteiger partial charge in [0.2, 0.25) is 5.91 Å². The molecule has 3 aromatic rings. The Balaban J connectivity index is 1.77. The monoisotopic (exact) mass is 514 g/mol. The molecule has 0 aromatic heterocycles. The largest absolute Gasteiger partial charge is 0.494 e. The smallest absolute Gasteiger partial charge is 0.337 e. The van der Waals surface area contributed by atoms with Gasteiger partial charge in [-0.15, -0.1) is 0 Å². The second-order valence-corrected chi connectivity index (χ2v) is 9.02. The number of carbonyl (C=O) groups is 3. The summed E-state index contributed by atoms with van der Waals surface area (Å²) in [7, 11) is 8.23. The average molecular weight is 515 g/mol. The van der Waals surface area contributed by atoms with Crippen molar-refractivity contribution in [1.82, 2.24) is 4.90 Å². The summed E-state index contributed by atoms with van der Waals surface area (Å²) in [5.74, 6) is -0.360. The first-order valence-corrected chi connectivity index (χ1v) is 11.9. The molecule has 1 heterocycles. The fourth-order valence-electron chi connectivity index (χ4n) is 4.24. The third kappa shape index (κ3) is 5.37. The predicted molar refractivity (Wildman–Crippen MR) is 148 cm³/mol. The summed E-state index contributed by atoms with van der Waals surface area (Å²) in [5, 5.41) is 6.25. The standard InChI is InChI=1S/C29H30N4O5/c1-32(2)17-25(34)33(3)23-14-12-20(16-24(23)37-4)30-27(18-9-7-6-8-10-18)26-21-13-11-19(29(36)38-5)15-22(21)31-28(26)35/h6-16,30H,17H2,1-5H3,(H,31,35)/b27-26+. The summed E-state index contributed by atoms with van der Waals surface area (Å²) in [6.07, 6.45) is 0. The van der Waals surface area contributed by atoms with E-state index < -0.39 is 5.97 Å². The number of likely N-dealkylation sites (N-methyl/N-ethyl adjacent to an activating group) is 2. The van der Waals surface area contributed by atoms with Gasteiger partial charge in [0.15, 0.2) is 0 Å². The number of hydrogen-bond donors (Lipinski definition) is 2. The van der Waals surface area contributed by atoms with E-state index in [2.05, 4.69) is 10.6 Å². The van der Waals surface area contributed by atoms with Crippen molar-refractivity contribution in [3.8, 4) is 5.75 Å². The highest BCUT2D eigenvalue weighted by Crippen LogP contribution is 2.39. The number of anilines is 3. The molecule has 9 nitrogen and oxygen atoms in total. The van der Waals surface area contributed by atoms with E-state index in [0.29, 0.717) is 45.2 Å². The number of methoxy groups -OCH3 is 2. The van der Waals surface area contributed by atoms with Crippen LogP contribution in [0.15, 0.2) is 66.7 Å². The number of nitrogens with zero attached hydrogens (tertiary/aromatic N) is 2. The molecule has 196 valence electrons. The molecule has 0 bridgehead atoms. The van der Waals surface area contributed by atoms with Gasteiger partial charge in [0, 0.05) is 24.4 Å². The number of amides is 2. The van der Waals surface area contributed by atoms with E-state index in [1.54, 1.807) is 54.3 Å². The van der Waals surface area contributed by atoms with E-state index in [0.717, 1.165) is 5.56 Å². The number of rotatable bonds is 8. The van der Waals surface area contributed by atoms with E-state index in [9.17, 15) is 14.4 Å². The van der Waals surface area contributed by atoms with E-state index >= 15 is 0 Å². The van der Waals surface area contributed by atoms with Crippen LogP contribution in [0.4, 0.5) is 17.1 Å². The zero-order valence-electron chi connectivity index (χ0n) is 22.0. The van der Waals surface area contributed by atoms with Gasteiger partial charge >= 0.3 is 5.97 Å². The predicted octanol–water partition coefficient (Wildman–Crippen LogP) is 3.94. The molecule has 2 amide bonds. The van der Waals surface area contributed by atoms with Crippen LogP contribution < -0.4 is 20.3 Å². The summed E-state index contributed by atoms with van der Waals surface area (Å²) >= 11 is 0. The zero-order valence-corrected chi connectivity index (χ0v) is 22.0. The van der Waals surface area contributed by atoms with Crippen LogP contribution in [0.2, 0.25) is 0 Å². The van der Waals surface area contributed by atoms with Crippen molar-refractivity contribution in [3.05, 3.63) is 83.4 Å². The Bertz CT molecular complexity index is 1420. The van der Waals surface area contributed by atoms with Crippen LogP contribution in [0.1, 0.15) is 21.5 Å². The minimum atomic E-state index is -0.484. The van der Waals surface area contributed by atoms with Crippen molar-refractivity contribution in [1.29, 1.82) is 0 Å². The molecule has 0 radical (unpaired) electrons. The molecular formula is C29H30N4O5. The number of carbonyl (C=O) groups excluding carboxylic acids is 3. The van der Waals surface area contributed by atoms with Gasteiger partial charge in [-0.3, -0.25) is 9.59 Å². The molecule has 2 N–H and O–H groups in total. The van der Waals surface area contributed by atoms with E-state index in [-0.39, 0.29) is 18.4 Å². The highest BCUT2D eigenvalue weighted by molar-refractivity contribution is 6.37. The fraction of sp³-hybridized carbons (Fsp3) is 0.207. The average Bonchev–Trinajstić information content (AvgIpc) is 3.25. The second kappa shape index (κ2) is 11.2. The topological polar surface area (TPSA) is 100 Å². The number of ether oxygens (including phenoxy) is 2. The van der Waals surface area contributed by atoms with Crippen molar-refractivity contribution in [2.45, 2.75) is 0 Å². The van der Waals surface area contributed by atoms with Crippen molar-refractivity contribution in [2.24, 2.45) is 0 Å². The Labute approximate surface area is 221 Å². The molecule has 3 aromatic carbocycles. The Morgan fingerprint density at radius 3 is 2.32 bits per heavy atom. The van der Waals surface area contributed by atoms with Crippen molar-refractivity contribution < 1.29 is 23.9 Å². The van der Waals surface area contributed by atoms with Crippen molar-refractivity contribution in [3.63, 3.8) is 0 Å². The lowest BCUT2D eigenvalue weighted by Gasteiger charge is -2.23. The maximum atomic E-state index is 13.2. The minimum absolute atomic E-state index is 0.0772. The molecule has 9 heteroatoms. The quantitative estimate of drug-likeness (QED) is 0.347. The van der Waals surface area contributed by atoms with E-state index in [1.165, 1.54) is 7.11 Å². The molecule has 38 heavy (non-hydrogen) atoms. The third-order valence-electron chi connectivity index (χ3n) is 6.13. The summed E-state index contributed by atoms with van der Waals surface area (Å²) in [6, 6.07) is 19.9. The summed E-state index contributed by atoms with van der Waals surface area (Å²) < 4.78 is 10.4. The van der Waals surface area contributed by atoms with Gasteiger partial charge in [-0.1, -0.05) is 36.4 Å². The number of fused-ring (bicyclic) bond motifs is 1. The SMILES string of the molecule is COC(=O)c1ccc2c(c1)NC(=O)/C2=C(/Nc1ccc(N(C)C(=O)CN(C)C)c(OC)c1)c1ccccc1. The molecule has 0 spiro atoms. The highest BCUT2D eigenvalue weighted by atomic mass is 16.5. The molecule has 0 fully saturated rings. The van der Waals surface area contributed by atoms with Gasteiger partial charge in [0.1, 0.15) is 5.75 Å². The number of hydrogen-bond acceptors (Lipinski definition) is 7. The third-order valence-corrected chi connectivity index (χ3v) is 6.13. The molecule has 1 aliphatic heterocycles. The van der Waals surface area contributed by atoms with Crippen LogP contribution in [-0.4, -0.2) is 64.6 Å². The summed E-state index contributed by atoms with van der Waals surface area (Å²) in [5.41, 5.74) is 4.63. The minimum Gasteiger partial charge on any atom is -0.494 e. The maximum absolute atomic E-state index is 13.2. The van der Waals surface area contributed by atoms with Gasteiger partial charge in [0.05, 0.1) is 49.0 Å². The number of nitrogens with one attached hydrogen (secondary N) is 2. The maximum Gasteiger partial charge on any atom is 0.337 e. The van der Waals surface area contributed by atoms with Crippen LogP contribution in [0.5, 0.6) is 5.75 Å². The van der Waals surface area contributed by atoms with Crippen LogP contribution in [0, 0.1) is 0 Å². The Morgan fingerprint density at radius 2 is 1.66 bits per heavy atom. The fourth-order valence-corrected chi connectivity index (χ4v) is 4.24. The molecule has 0 unspecified atom stereocenters. The summed E-state index contributed by atoms with van der Waals surface area (Å²) in [4.78, 5) is 41.2. The van der Waals surface area contributed by atoms with Gasteiger partial charge in [-0.05, 0) is 43.9 Å². The molecule has 1 aliphatic rings. The number of benzene rings is 3. The first-order chi connectivity index (χ1) is 18.2. The van der Waals surface area contributed by atoms with Crippen molar-refractivity contribution in [2.75, 3.05) is 57.4 Å².